The molecule has 4 N–H and O–H groups in total. The molecule has 2 rings (SSSR count). The van der Waals surface area contributed by atoms with Gasteiger partial charge in [0.25, 0.3) is 0 Å². The molecule has 0 saturated carbocycles. The quantitative estimate of drug-likeness (QED) is 0.691. The Labute approximate surface area is 94.1 Å². The van der Waals surface area contributed by atoms with Gasteiger partial charge in [0.2, 0.25) is 0 Å². The molecule has 0 fully saturated rings. The van der Waals surface area contributed by atoms with E-state index in [1.54, 1.807) is 24.5 Å². The van der Waals surface area contributed by atoms with Crippen molar-refractivity contribution in [2.75, 3.05) is 11.5 Å². The third kappa shape index (κ3) is 7.02. The molecule has 0 bridgehead atoms. The molecule has 0 spiro atoms. The molecule has 0 aromatic carbocycles. The lowest BCUT2D eigenvalue weighted by atomic mass is 10.5. The SMILES string of the molecule is C=O.Nc1ccccn1.Nc1ccccn1. The summed E-state index contributed by atoms with van der Waals surface area (Å²) < 4.78 is 0. The number of nitrogens with two attached hydrogens (primary N) is 2. The van der Waals surface area contributed by atoms with Crippen LogP contribution in [-0.4, -0.2) is 16.8 Å². The van der Waals surface area contributed by atoms with E-state index in [4.69, 9.17) is 16.3 Å². The van der Waals surface area contributed by atoms with Gasteiger partial charge in [-0.05, 0) is 24.3 Å². The van der Waals surface area contributed by atoms with Gasteiger partial charge in [-0.2, -0.15) is 0 Å². The summed E-state index contributed by atoms with van der Waals surface area (Å²) in [5.41, 5.74) is 10.5. The first kappa shape index (κ1) is 13.6. The highest BCUT2D eigenvalue weighted by atomic mass is 16.1. The molecule has 0 aliphatic rings. The number of anilines is 2. The number of carbonyl (C=O) groups excluding carboxylic acids is 1. The van der Waals surface area contributed by atoms with Crippen LogP contribution >= 0.6 is 0 Å². The molecule has 2 heterocycles. The predicted octanol–water partition coefficient (Wildman–Crippen LogP) is 1.14. The van der Waals surface area contributed by atoms with Gasteiger partial charge in [-0.15, -0.1) is 0 Å². The molecule has 0 atom stereocenters. The van der Waals surface area contributed by atoms with Crippen molar-refractivity contribution >= 4 is 18.4 Å². The number of pyridine rings is 2. The molecule has 16 heavy (non-hydrogen) atoms. The molecule has 2 aromatic heterocycles. The number of rotatable bonds is 0. The Morgan fingerprint density at radius 2 is 1.19 bits per heavy atom. The van der Waals surface area contributed by atoms with Crippen molar-refractivity contribution in [2.24, 2.45) is 0 Å². The molecule has 84 valence electrons. The zero-order chi connectivity index (χ0) is 12.2. The molecule has 0 unspecified atom stereocenters. The average Bonchev–Trinajstić information content (AvgIpc) is 2.34. The van der Waals surface area contributed by atoms with Crippen LogP contribution in [0, 0.1) is 0 Å². The Kier molecular flexibility index (Phi) is 7.75. The van der Waals surface area contributed by atoms with E-state index in [-0.39, 0.29) is 0 Å². The van der Waals surface area contributed by atoms with Gasteiger partial charge >= 0.3 is 0 Å². The van der Waals surface area contributed by atoms with Crippen molar-refractivity contribution < 1.29 is 4.79 Å². The number of hydrogen-bond donors (Lipinski definition) is 2. The first-order valence-electron chi connectivity index (χ1n) is 4.41. The minimum Gasteiger partial charge on any atom is -0.384 e. The minimum atomic E-state index is 0.572. The van der Waals surface area contributed by atoms with Crippen LogP contribution in [0.5, 0.6) is 0 Å². The molecule has 5 heteroatoms. The number of carbonyl (C=O) groups is 1. The van der Waals surface area contributed by atoms with E-state index < -0.39 is 0 Å². The largest absolute Gasteiger partial charge is 0.384 e. The fourth-order valence-electron chi connectivity index (χ4n) is 0.752. The van der Waals surface area contributed by atoms with Crippen LogP contribution < -0.4 is 11.5 Å². The second-order valence-corrected chi connectivity index (χ2v) is 2.51. The zero-order valence-electron chi connectivity index (χ0n) is 8.78. The maximum atomic E-state index is 8.00. The Morgan fingerprint density at radius 3 is 1.31 bits per heavy atom. The first-order chi connectivity index (χ1) is 7.79. The van der Waals surface area contributed by atoms with E-state index in [1.807, 2.05) is 31.1 Å². The van der Waals surface area contributed by atoms with Crippen molar-refractivity contribution in [3.05, 3.63) is 48.8 Å². The fraction of sp³-hybridized carbons (Fsp3) is 0. The third-order valence-corrected chi connectivity index (χ3v) is 1.38. The van der Waals surface area contributed by atoms with Crippen LogP contribution in [0.2, 0.25) is 0 Å². The normalized spacial score (nSPS) is 7.75. The lowest BCUT2D eigenvalue weighted by Crippen LogP contribution is -1.85. The molecular weight excluding hydrogens is 204 g/mol. The summed E-state index contributed by atoms with van der Waals surface area (Å²) in [6.07, 6.45) is 3.32. The highest BCUT2D eigenvalue weighted by molar-refractivity contribution is 5.25. The lowest BCUT2D eigenvalue weighted by molar-refractivity contribution is -0.0979. The molecule has 5 nitrogen and oxygen atoms in total. The maximum absolute atomic E-state index is 8.00. The molecule has 0 radical (unpaired) electrons. The number of nitrogens with zero attached hydrogens (tertiary/aromatic N) is 2. The predicted molar refractivity (Wildman–Crippen MR) is 64.4 cm³/mol. The second-order valence-electron chi connectivity index (χ2n) is 2.51. The fourth-order valence-corrected chi connectivity index (χ4v) is 0.752. The first-order valence-corrected chi connectivity index (χ1v) is 4.41. The second kappa shape index (κ2) is 9.14. The van der Waals surface area contributed by atoms with Gasteiger partial charge in [0.05, 0.1) is 0 Å². The van der Waals surface area contributed by atoms with E-state index >= 15 is 0 Å². The number of hydrogen-bond acceptors (Lipinski definition) is 5. The van der Waals surface area contributed by atoms with E-state index in [1.165, 1.54) is 0 Å². The van der Waals surface area contributed by atoms with Gasteiger partial charge < -0.3 is 16.3 Å². The summed E-state index contributed by atoms with van der Waals surface area (Å²) in [7, 11) is 0. The van der Waals surface area contributed by atoms with Crippen molar-refractivity contribution in [3.8, 4) is 0 Å². The highest BCUT2D eigenvalue weighted by Crippen LogP contribution is 1.90. The summed E-state index contributed by atoms with van der Waals surface area (Å²) in [5, 5.41) is 0. The van der Waals surface area contributed by atoms with Crippen LogP contribution in [0.15, 0.2) is 48.8 Å². The molecule has 0 aliphatic heterocycles. The number of nitrogen functional groups attached to an aromatic ring is 2. The van der Waals surface area contributed by atoms with Crippen molar-refractivity contribution in [1.82, 2.24) is 9.97 Å². The standard InChI is InChI=1S/2C5H6N2.CH2O/c2*6-5-3-1-2-4-7-5;1-2/h2*1-4H,(H2,6,7);1H2. The molecular formula is C11H14N4O. The maximum Gasteiger partial charge on any atom is 0.123 e. The van der Waals surface area contributed by atoms with Gasteiger partial charge in [0, 0.05) is 12.4 Å². The Bertz CT molecular complexity index is 329. The van der Waals surface area contributed by atoms with Crippen molar-refractivity contribution in [2.45, 2.75) is 0 Å². The summed E-state index contributed by atoms with van der Waals surface area (Å²) in [6, 6.07) is 10.9. The summed E-state index contributed by atoms with van der Waals surface area (Å²) in [5.74, 6) is 1.14. The van der Waals surface area contributed by atoms with Gasteiger partial charge in [-0.25, -0.2) is 9.97 Å². The van der Waals surface area contributed by atoms with Crippen molar-refractivity contribution in [3.63, 3.8) is 0 Å². The Balaban J connectivity index is 0.000000244. The van der Waals surface area contributed by atoms with Gasteiger partial charge in [-0.3, -0.25) is 0 Å². The van der Waals surface area contributed by atoms with Crippen LogP contribution in [0.4, 0.5) is 11.6 Å². The van der Waals surface area contributed by atoms with E-state index in [0.29, 0.717) is 11.6 Å². The Hall–Kier alpha value is -2.43. The van der Waals surface area contributed by atoms with Crippen LogP contribution in [0.1, 0.15) is 0 Å². The lowest BCUT2D eigenvalue weighted by Gasteiger charge is -1.82. The summed E-state index contributed by atoms with van der Waals surface area (Å²) in [6.45, 7) is 2.00. The van der Waals surface area contributed by atoms with E-state index in [0.717, 1.165) is 0 Å². The van der Waals surface area contributed by atoms with E-state index in [9.17, 15) is 0 Å². The van der Waals surface area contributed by atoms with Gasteiger partial charge in [-0.1, -0.05) is 12.1 Å². The van der Waals surface area contributed by atoms with Gasteiger partial charge in [0.15, 0.2) is 0 Å². The highest BCUT2D eigenvalue weighted by Gasteiger charge is 1.74. The van der Waals surface area contributed by atoms with Crippen LogP contribution in [-0.2, 0) is 4.79 Å². The van der Waals surface area contributed by atoms with Crippen LogP contribution in [0.25, 0.3) is 0 Å². The smallest absolute Gasteiger partial charge is 0.123 e. The van der Waals surface area contributed by atoms with Crippen molar-refractivity contribution in [1.29, 1.82) is 0 Å². The topological polar surface area (TPSA) is 94.9 Å². The molecule has 0 aliphatic carbocycles. The summed E-state index contributed by atoms with van der Waals surface area (Å²) in [4.78, 5) is 15.5. The third-order valence-electron chi connectivity index (χ3n) is 1.38. The monoisotopic (exact) mass is 218 g/mol. The average molecular weight is 218 g/mol. The van der Waals surface area contributed by atoms with E-state index in [2.05, 4.69) is 9.97 Å². The summed E-state index contributed by atoms with van der Waals surface area (Å²) >= 11 is 0. The van der Waals surface area contributed by atoms with Crippen LogP contribution in [0.3, 0.4) is 0 Å². The minimum absolute atomic E-state index is 0.572. The zero-order valence-corrected chi connectivity index (χ0v) is 8.78. The molecule has 2 aromatic rings. The van der Waals surface area contributed by atoms with Gasteiger partial charge in [0.1, 0.15) is 18.4 Å². The Morgan fingerprint density at radius 1 is 0.812 bits per heavy atom. The molecule has 0 saturated heterocycles. The number of aromatic nitrogens is 2. The molecule has 0 amide bonds.